The Kier molecular flexibility index (Phi) is 7.22. The number of nitrogens with zero attached hydrogens (tertiary/aromatic N) is 2. The molecule has 2 aromatic rings. The van der Waals surface area contributed by atoms with E-state index in [9.17, 15) is 15.3 Å². The van der Waals surface area contributed by atoms with Crippen LogP contribution in [-0.2, 0) is 0 Å². The van der Waals surface area contributed by atoms with Gasteiger partial charge in [0, 0.05) is 25.6 Å². The fraction of sp³-hybridized carbons (Fsp3) is 0.542. The molecule has 1 saturated heterocycles. The second kappa shape index (κ2) is 9.93. The molecule has 4 rings (SSSR count). The number of aliphatic hydroxyl groups excluding tert-OH is 2. The average molecular weight is 463 g/mol. The van der Waals surface area contributed by atoms with Crippen LogP contribution in [0.25, 0.3) is 0 Å². The third-order valence-electron chi connectivity index (χ3n) is 6.44. The van der Waals surface area contributed by atoms with E-state index in [0.717, 1.165) is 12.8 Å². The van der Waals surface area contributed by atoms with E-state index in [0.29, 0.717) is 36.8 Å². The third-order valence-corrected chi connectivity index (χ3v) is 6.71. The van der Waals surface area contributed by atoms with Crippen LogP contribution in [0.15, 0.2) is 42.5 Å². The van der Waals surface area contributed by atoms with Crippen molar-refractivity contribution >= 4 is 11.6 Å². The lowest BCUT2D eigenvalue weighted by molar-refractivity contribution is -0.0876. The first-order valence-corrected chi connectivity index (χ1v) is 11.6. The Morgan fingerprint density at radius 1 is 1.25 bits per heavy atom. The molecule has 1 aromatic heterocycles. The summed E-state index contributed by atoms with van der Waals surface area (Å²) in [6.07, 6.45) is 0.185. The lowest BCUT2D eigenvalue weighted by Gasteiger charge is -2.29. The minimum Gasteiger partial charge on any atom is -0.490 e. The van der Waals surface area contributed by atoms with Gasteiger partial charge in [0.05, 0.1) is 12.3 Å². The van der Waals surface area contributed by atoms with E-state index in [1.807, 2.05) is 35.2 Å². The van der Waals surface area contributed by atoms with Crippen LogP contribution in [0.4, 0.5) is 0 Å². The fourth-order valence-electron chi connectivity index (χ4n) is 4.69. The van der Waals surface area contributed by atoms with Crippen molar-refractivity contribution in [2.45, 2.75) is 50.1 Å². The van der Waals surface area contributed by atoms with Crippen molar-refractivity contribution in [2.75, 3.05) is 26.2 Å². The van der Waals surface area contributed by atoms with Gasteiger partial charge in [-0.25, -0.2) is 4.98 Å². The van der Waals surface area contributed by atoms with Gasteiger partial charge in [0.1, 0.15) is 29.7 Å². The maximum absolute atomic E-state index is 11.2. The fourth-order valence-corrected chi connectivity index (χ4v) is 4.90. The molecule has 32 heavy (non-hydrogen) atoms. The summed E-state index contributed by atoms with van der Waals surface area (Å²) in [5.74, 6) is 1.05. The second-order valence-electron chi connectivity index (χ2n) is 8.78. The molecule has 7 nitrogen and oxygen atoms in total. The molecule has 1 unspecified atom stereocenters. The van der Waals surface area contributed by atoms with Crippen LogP contribution in [0.5, 0.6) is 11.5 Å². The number of benzene rings is 1. The number of para-hydroxylation sites is 1. The van der Waals surface area contributed by atoms with Gasteiger partial charge >= 0.3 is 0 Å². The number of unbranched alkanes of at least 4 members (excludes halogenated alkanes) is 1. The van der Waals surface area contributed by atoms with E-state index in [2.05, 4.69) is 11.9 Å². The zero-order valence-electron chi connectivity index (χ0n) is 18.2. The van der Waals surface area contributed by atoms with Gasteiger partial charge < -0.3 is 24.8 Å². The Bertz CT molecular complexity index is 901. The van der Waals surface area contributed by atoms with Crippen LogP contribution in [0, 0.1) is 5.92 Å². The van der Waals surface area contributed by atoms with Crippen molar-refractivity contribution in [1.29, 1.82) is 0 Å². The molecular weight excluding hydrogens is 432 g/mol. The Labute approximate surface area is 193 Å². The molecule has 0 spiro atoms. The summed E-state index contributed by atoms with van der Waals surface area (Å²) in [6, 6.07) is 12.8. The Hall–Kier alpha value is -1.90. The van der Waals surface area contributed by atoms with Crippen LogP contribution >= 0.6 is 11.6 Å². The summed E-state index contributed by atoms with van der Waals surface area (Å²) in [5.41, 5.74) is -0.811. The molecule has 2 heterocycles. The second-order valence-corrected chi connectivity index (χ2v) is 9.13. The highest BCUT2D eigenvalue weighted by atomic mass is 35.5. The topological polar surface area (TPSA) is 95.3 Å². The molecule has 1 aromatic carbocycles. The molecule has 0 bridgehead atoms. The van der Waals surface area contributed by atoms with Crippen molar-refractivity contribution < 1.29 is 24.8 Å². The molecule has 5 atom stereocenters. The number of fused-ring (bicyclic) bond motifs is 1. The molecule has 1 aliphatic heterocycles. The number of pyridine rings is 1. The van der Waals surface area contributed by atoms with Crippen LogP contribution < -0.4 is 9.47 Å². The predicted octanol–water partition coefficient (Wildman–Crippen LogP) is 2.82. The van der Waals surface area contributed by atoms with Gasteiger partial charge in [0.15, 0.2) is 10.9 Å². The number of ether oxygens (including phenoxy) is 2. The molecular formula is C24H31ClN2O5. The maximum Gasteiger partial charge on any atom is 0.171 e. The smallest absolute Gasteiger partial charge is 0.171 e. The van der Waals surface area contributed by atoms with Crippen molar-refractivity contribution in [3.63, 3.8) is 0 Å². The highest BCUT2D eigenvalue weighted by Crippen LogP contribution is 2.43. The normalized spacial score (nSPS) is 28.5. The highest BCUT2D eigenvalue weighted by Gasteiger charge is 2.59. The Balaban J connectivity index is 1.34. The number of likely N-dealkylation sites (tertiary alicyclic amines) is 1. The molecule has 1 saturated carbocycles. The predicted molar refractivity (Wildman–Crippen MR) is 121 cm³/mol. The average Bonchev–Trinajstić information content (AvgIpc) is 3.20. The zero-order chi connectivity index (χ0) is 22.7. The number of aromatic nitrogens is 1. The summed E-state index contributed by atoms with van der Waals surface area (Å²) in [6.45, 7) is 3.77. The number of hydrogen-bond donors (Lipinski definition) is 3. The highest BCUT2D eigenvalue weighted by molar-refractivity contribution is 6.30. The van der Waals surface area contributed by atoms with Gasteiger partial charge in [-0.05, 0) is 37.1 Å². The quantitative estimate of drug-likeness (QED) is 0.389. The third kappa shape index (κ3) is 4.87. The van der Waals surface area contributed by atoms with Crippen molar-refractivity contribution in [3.05, 3.63) is 53.3 Å². The lowest BCUT2D eigenvalue weighted by atomic mass is 9.93. The number of hydrogen-bond acceptors (Lipinski definition) is 7. The standard InChI is InChI=1S/C24H31ClN2O5/c1-2-3-11-31-20-10-9-18(26-23(20)25)19(28)14-27-13-16-12-21(22(29)24(16,30)15-27)32-17-7-5-4-6-8-17/h4-10,16,19,21-22,28-30H,2-3,11-15H2,1H3/t16-,19?,21+,22+,24-/m1/s1. The summed E-state index contributed by atoms with van der Waals surface area (Å²) in [4.78, 5) is 6.25. The van der Waals surface area contributed by atoms with Crippen LogP contribution in [0.2, 0.25) is 5.15 Å². The molecule has 3 N–H and O–H groups in total. The summed E-state index contributed by atoms with van der Waals surface area (Å²) in [5, 5.41) is 32.9. The van der Waals surface area contributed by atoms with Gasteiger partial charge in [0.25, 0.3) is 0 Å². The van der Waals surface area contributed by atoms with Crippen LogP contribution in [0.3, 0.4) is 0 Å². The van der Waals surface area contributed by atoms with Crippen molar-refractivity contribution in [2.24, 2.45) is 5.92 Å². The summed E-state index contributed by atoms with van der Waals surface area (Å²) >= 11 is 6.22. The van der Waals surface area contributed by atoms with Crippen LogP contribution in [0.1, 0.15) is 38.0 Å². The molecule has 0 amide bonds. The monoisotopic (exact) mass is 462 g/mol. The zero-order valence-corrected chi connectivity index (χ0v) is 19.0. The molecule has 2 fully saturated rings. The molecule has 2 aliphatic rings. The van der Waals surface area contributed by atoms with E-state index >= 15 is 0 Å². The number of rotatable bonds is 9. The van der Waals surface area contributed by atoms with Gasteiger partial charge in [-0.3, -0.25) is 4.90 Å². The molecule has 1 aliphatic carbocycles. The number of β-amino-alcohol motifs (C(OH)–C–C–N with tert-alkyl or cyclic N) is 2. The van der Waals surface area contributed by atoms with Crippen molar-refractivity contribution in [1.82, 2.24) is 9.88 Å². The van der Waals surface area contributed by atoms with Crippen molar-refractivity contribution in [3.8, 4) is 11.5 Å². The number of aliphatic hydroxyl groups is 3. The van der Waals surface area contributed by atoms with E-state index in [-0.39, 0.29) is 24.2 Å². The lowest BCUT2D eigenvalue weighted by Crippen LogP contribution is -2.49. The minimum atomic E-state index is -1.26. The van der Waals surface area contributed by atoms with Crippen LogP contribution in [-0.4, -0.2) is 69.3 Å². The number of halogens is 1. The van der Waals surface area contributed by atoms with E-state index in [1.54, 1.807) is 12.1 Å². The van der Waals surface area contributed by atoms with Gasteiger partial charge in [-0.15, -0.1) is 0 Å². The summed E-state index contributed by atoms with van der Waals surface area (Å²) < 4.78 is 11.5. The summed E-state index contributed by atoms with van der Waals surface area (Å²) in [7, 11) is 0. The first-order valence-electron chi connectivity index (χ1n) is 11.2. The largest absolute Gasteiger partial charge is 0.490 e. The van der Waals surface area contributed by atoms with Gasteiger partial charge in [0.2, 0.25) is 0 Å². The Morgan fingerprint density at radius 2 is 2.03 bits per heavy atom. The van der Waals surface area contributed by atoms with E-state index in [1.165, 1.54) is 0 Å². The van der Waals surface area contributed by atoms with Gasteiger partial charge in [-0.1, -0.05) is 43.1 Å². The first-order chi connectivity index (χ1) is 15.4. The van der Waals surface area contributed by atoms with E-state index in [4.69, 9.17) is 21.1 Å². The van der Waals surface area contributed by atoms with E-state index < -0.39 is 23.9 Å². The molecule has 8 heteroatoms. The maximum atomic E-state index is 11.2. The molecule has 174 valence electrons. The first kappa shape index (κ1) is 23.3. The SMILES string of the molecule is CCCCOc1ccc(C(O)CN2C[C@H]3C[C@H](Oc4ccccc4)[C@H](O)[C@@]3(O)C2)nc1Cl. The van der Waals surface area contributed by atoms with Gasteiger partial charge in [-0.2, -0.15) is 0 Å². The minimum absolute atomic E-state index is 0.135. The molecule has 0 radical (unpaired) electrons. The Morgan fingerprint density at radius 3 is 2.72 bits per heavy atom.